The predicted octanol–water partition coefficient (Wildman–Crippen LogP) is 2.63. The summed E-state index contributed by atoms with van der Waals surface area (Å²) in [5, 5.41) is 2.80. The van der Waals surface area contributed by atoms with Gasteiger partial charge in [0.15, 0.2) is 0 Å². The second-order valence-electron chi connectivity index (χ2n) is 7.78. The normalized spacial score (nSPS) is 22.3. The van der Waals surface area contributed by atoms with Gasteiger partial charge in [0, 0.05) is 36.5 Å². The molecule has 1 fully saturated rings. The van der Waals surface area contributed by atoms with Crippen molar-refractivity contribution in [3.05, 3.63) is 58.9 Å². The first-order chi connectivity index (χ1) is 14.5. The van der Waals surface area contributed by atoms with Crippen molar-refractivity contribution in [1.29, 1.82) is 0 Å². The summed E-state index contributed by atoms with van der Waals surface area (Å²) >= 11 is 0. The van der Waals surface area contributed by atoms with Crippen molar-refractivity contribution in [1.82, 2.24) is 10.3 Å². The molecular formula is C23H26N4O3. The van der Waals surface area contributed by atoms with E-state index in [9.17, 15) is 9.59 Å². The topological polar surface area (TPSA) is 95.9 Å². The monoisotopic (exact) mass is 406 g/mol. The minimum absolute atomic E-state index is 0.00117. The van der Waals surface area contributed by atoms with E-state index in [4.69, 9.17) is 9.73 Å². The number of aliphatic imine (C=N–C) groups is 2. The van der Waals surface area contributed by atoms with Gasteiger partial charge in [-0.05, 0) is 31.4 Å². The van der Waals surface area contributed by atoms with E-state index >= 15 is 0 Å². The highest BCUT2D eigenvalue weighted by molar-refractivity contribution is 6.73. The number of aryl methyl sites for hydroxylation is 1. The number of aromatic amines is 1. The van der Waals surface area contributed by atoms with E-state index < -0.39 is 0 Å². The van der Waals surface area contributed by atoms with Crippen molar-refractivity contribution < 1.29 is 14.3 Å². The number of carbonyl (C=O) groups excluding carboxylic acids is 2. The molecule has 0 aliphatic carbocycles. The van der Waals surface area contributed by atoms with Gasteiger partial charge in [0.1, 0.15) is 5.71 Å². The number of Topliss-reactive ketones (excluding diaryl/α,β-unsaturated/α-hetero) is 1. The van der Waals surface area contributed by atoms with E-state index in [2.05, 4.69) is 15.3 Å². The molecule has 3 heterocycles. The Morgan fingerprint density at radius 2 is 2.10 bits per heavy atom. The largest absolute Gasteiger partial charge is 0.374 e. The van der Waals surface area contributed by atoms with Gasteiger partial charge < -0.3 is 15.0 Å². The lowest BCUT2D eigenvalue weighted by molar-refractivity contribution is -0.119. The van der Waals surface area contributed by atoms with Crippen LogP contribution in [-0.2, 0) is 16.1 Å². The molecule has 1 amide bonds. The fourth-order valence-electron chi connectivity index (χ4n) is 3.88. The van der Waals surface area contributed by atoms with Gasteiger partial charge in [0.25, 0.3) is 0 Å². The number of hydrogen-bond donors (Lipinski definition) is 2. The maximum atomic E-state index is 13.3. The number of H-pyrrole nitrogens is 1. The molecule has 2 aliphatic rings. The van der Waals surface area contributed by atoms with Gasteiger partial charge in [-0.2, -0.15) is 0 Å². The molecule has 7 nitrogen and oxygen atoms in total. The summed E-state index contributed by atoms with van der Waals surface area (Å²) in [6, 6.07) is 9.46. The molecule has 30 heavy (non-hydrogen) atoms. The molecule has 2 N–H and O–H groups in total. The summed E-state index contributed by atoms with van der Waals surface area (Å²) in [4.78, 5) is 37.1. The Hall–Kier alpha value is -3.06. The van der Waals surface area contributed by atoms with Crippen LogP contribution in [0.1, 0.15) is 46.9 Å². The summed E-state index contributed by atoms with van der Waals surface area (Å²) in [5.41, 5.74) is 4.53. The molecular weight excluding hydrogens is 380 g/mol. The Balaban J connectivity index is 1.57. The van der Waals surface area contributed by atoms with E-state index in [0.29, 0.717) is 36.7 Å². The molecule has 1 aromatic carbocycles. The van der Waals surface area contributed by atoms with E-state index in [0.717, 1.165) is 29.7 Å². The van der Waals surface area contributed by atoms with E-state index in [-0.39, 0.29) is 23.8 Å². The maximum Gasteiger partial charge on any atom is 0.216 e. The van der Waals surface area contributed by atoms with Gasteiger partial charge in [0.05, 0.1) is 31.0 Å². The molecule has 0 bridgehead atoms. The zero-order valence-corrected chi connectivity index (χ0v) is 17.3. The number of aromatic nitrogens is 1. The molecule has 0 spiro atoms. The molecule has 2 atom stereocenters. The van der Waals surface area contributed by atoms with E-state index in [1.807, 2.05) is 43.5 Å². The smallest absolute Gasteiger partial charge is 0.216 e. The number of rotatable bonds is 5. The van der Waals surface area contributed by atoms with Crippen LogP contribution in [0.2, 0.25) is 0 Å². The van der Waals surface area contributed by atoms with Crippen molar-refractivity contribution in [3.63, 3.8) is 0 Å². The van der Waals surface area contributed by atoms with Crippen LogP contribution in [0.15, 0.2) is 46.5 Å². The molecule has 0 radical (unpaired) electrons. The average molecular weight is 406 g/mol. The Kier molecular flexibility index (Phi) is 5.90. The third kappa shape index (κ3) is 4.26. The van der Waals surface area contributed by atoms with Crippen molar-refractivity contribution in [2.45, 2.75) is 45.4 Å². The fraction of sp³-hybridized carbons (Fsp3) is 0.391. The van der Waals surface area contributed by atoms with Crippen LogP contribution in [0.3, 0.4) is 0 Å². The SMILES string of the molecule is CC(=O)NC[C@@H]1CC[C@@H](N=C2C(C(=O)c3ccccc3C)=NCc3[nH]ccc32)CO1. The van der Waals surface area contributed by atoms with Crippen LogP contribution >= 0.6 is 0 Å². The number of fused-ring (bicyclic) bond motifs is 1. The zero-order valence-electron chi connectivity index (χ0n) is 17.3. The molecule has 0 saturated carbocycles. The number of hydrogen-bond acceptors (Lipinski definition) is 5. The minimum Gasteiger partial charge on any atom is -0.374 e. The van der Waals surface area contributed by atoms with Crippen LogP contribution < -0.4 is 5.32 Å². The second kappa shape index (κ2) is 8.75. The van der Waals surface area contributed by atoms with Crippen molar-refractivity contribution in [2.75, 3.05) is 13.2 Å². The molecule has 1 saturated heterocycles. The molecule has 2 aliphatic heterocycles. The Bertz CT molecular complexity index is 1010. The first-order valence-electron chi connectivity index (χ1n) is 10.3. The van der Waals surface area contributed by atoms with Crippen LogP contribution in [0.5, 0.6) is 0 Å². The number of ether oxygens (including phenoxy) is 1. The summed E-state index contributed by atoms with van der Waals surface area (Å²) in [7, 11) is 0. The van der Waals surface area contributed by atoms with Gasteiger partial charge >= 0.3 is 0 Å². The molecule has 7 heteroatoms. The number of carbonyl (C=O) groups is 2. The molecule has 4 rings (SSSR count). The third-order valence-corrected chi connectivity index (χ3v) is 5.55. The van der Waals surface area contributed by atoms with Gasteiger partial charge in [-0.25, -0.2) is 0 Å². The first-order valence-corrected chi connectivity index (χ1v) is 10.3. The van der Waals surface area contributed by atoms with Crippen LogP contribution in [-0.4, -0.2) is 53.4 Å². The quantitative estimate of drug-likeness (QED) is 0.747. The number of nitrogens with one attached hydrogen (secondary N) is 2. The first kappa shape index (κ1) is 20.2. The van der Waals surface area contributed by atoms with Gasteiger partial charge in [-0.1, -0.05) is 24.3 Å². The number of ketones is 1. The summed E-state index contributed by atoms with van der Waals surface area (Å²) < 4.78 is 5.90. The van der Waals surface area contributed by atoms with Crippen molar-refractivity contribution in [3.8, 4) is 0 Å². The maximum absolute atomic E-state index is 13.3. The molecule has 2 aromatic rings. The number of amides is 1. The molecule has 156 valence electrons. The summed E-state index contributed by atoms with van der Waals surface area (Å²) in [6.45, 7) is 4.84. The zero-order chi connectivity index (χ0) is 21.1. The second-order valence-corrected chi connectivity index (χ2v) is 7.78. The lowest BCUT2D eigenvalue weighted by atomic mass is 9.93. The summed E-state index contributed by atoms with van der Waals surface area (Å²) in [6.07, 6.45) is 3.50. The number of nitrogens with zero attached hydrogens (tertiary/aromatic N) is 2. The minimum atomic E-state index is -0.0982. The van der Waals surface area contributed by atoms with Gasteiger partial charge in [-0.15, -0.1) is 0 Å². The predicted molar refractivity (Wildman–Crippen MR) is 115 cm³/mol. The van der Waals surface area contributed by atoms with E-state index in [1.165, 1.54) is 6.92 Å². The standard InChI is InChI=1S/C23H26N4O3/c1-14-5-3-4-6-18(14)23(29)22-21(19-9-10-24-20(19)12-26-22)27-16-7-8-17(30-13-16)11-25-15(2)28/h3-6,9-10,16-17,24H,7-8,11-13H2,1-2H3,(H,25,28)/t16-,17+/m1/s1. The van der Waals surface area contributed by atoms with Crippen molar-refractivity contribution in [2.24, 2.45) is 9.98 Å². The average Bonchev–Trinajstić information content (AvgIpc) is 3.23. The van der Waals surface area contributed by atoms with Crippen LogP contribution in [0, 0.1) is 6.92 Å². The van der Waals surface area contributed by atoms with E-state index in [1.54, 1.807) is 0 Å². The van der Waals surface area contributed by atoms with Crippen LogP contribution in [0.25, 0.3) is 0 Å². The summed E-state index contributed by atoms with van der Waals surface area (Å²) in [5.74, 6) is -0.155. The van der Waals surface area contributed by atoms with Crippen molar-refractivity contribution >= 4 is 23.1 Å². The highest BCUT2D eigenvalue weighted by Crippen LogP contribution is 2.23. The van der Waals surface area contributed by atoms with Gasteiger partial charge in [0.2, 0.25) is 11.7 Å². The lowest BCUT2D eigenvalue weighted by Crippen LogP contribution is -2.38. The third-order valence-electron chi connectivity index (χ3n) is 5.55. The highest BCUT2D eigenvalue weighted by Gasteiger charge is 2.30. The highest BCUT2D eigenvalue weighted by atomic mass is 16.5. The Morgan fingerprint density at radius 3 is 2.83 bits per heavy atom. The Morgan fingerprint density at radius 1 is 1.27 bits per heavy atom. The lowest BCUT2D eigenvalue weighted by Gasteiger charge is -2.28. The Labute approximate surface area is 175 Å². The molecule has 1 aromatic heterocycles. The molecule has 0 unspecified atom stereocenters. The fourth-order valence-corrected chi connectivity index (χ4v) is 3.88. The van der Waals surface area contributed by atoms with Crippen LogP contribution in [0.4, 0.5) is 0 Å². The van der Waals surface area contributed by atoms with Gasteiger partial charge in [-0.3, -0.25) is 19.6 Å². The number of benzene rings is 1.